The molecular weight excluding hydrogens is 332 g/mol. The van der Waals surface area contributed by atoms with Crippen LogP contribution in [0.1, 0.15) is 36.5 Å². The third kappa shape index (κ3) is 3.18. The highest BCUT2D eigenvalue weighted by molar-refractivity contribution is 14.1. The molecule has 2 nitrogen and oxygen atoms in total. The van der Waals surface area contributed by atoms with Crippen molar-refractivity contribution in [2.24, 2.45) is 5.92 Å². The molecule has 1 amide bonds. The largest absolute Gasteiger partial charge is 0.349 e. The van der Waals surface area contributed by atoms with E-state index >= 15 is 0 Å². The number of hydrogen-bond acceptors (Lipinski definition) is 1. The first-order valence-electron chi connectivity index (χ1n) is 5.87. The van der Waals surface area contributed by atoms with E-state index in [2.05, 4.69) is 12.2 Å². The van der Waals surface area contributed by atoms with Gasteiger partial charge >= 0.3 is 0 Å². The molecule has 1 aliphatic carbocycles. The molecule has 17 heavy (non-hydrogen) atoms. The van der Waals surface area contributed by atoms with Crippen molar-refractivity contribution in [3.63, 3.8) is 0 Å². The van der Waals surface area contributed by atoms with Gasteiger partial charge in [-0.3, -0.25) is 4.79 Å². The van der Waals surface area contributed by atoms with Gasteiger partial charge in [-0.1, -0.05) is 13.3 Å². The summed E-state index contributed by atoms with van der Waals surface area (Å²) in [4.78, 5) is 11.9. The van der Waals surface area contributed by atoms with Crippen LogP contribution < -0.4 is 5.32 Å². The number of carbonyl (C=O) groups is 1. The first kappa shape index (κ1) is 12.8. The predicted molar refractivity (Wildman–Crippen MR) is 73.4 cm³/mol. The van der Waals surface area contributed by atoms with E-state index in [-0.39, 0.29) is 11.7 Å². The van der Waals surface area contributed by atoms with E-state index in [1.54, 1.807) is 6.07 Å². The highest BCUT2D eigenvalue weighted by Gasteiger charge is 2.37. The molecule has 0 heterocycles. The topological polar surface area (TPSA) is 29.1 Å². The van der Waals surface area contributed by atoms with Gasteiger partial charge in [0.2, 0.25) is 0 Å². The van der Waals surface area contributed by atoms with Gasteiger partial charge in [-0.2, -0.15) is 0 Å². The predicted octanol–water partition coefficient (Wildman–Crippen LogP) is 3.35. The molecule has 1 aromatic rings. The lowest BCUT2D eigenvalue weighted by Crippen LogP contribution is -2.27. The highest BCUT2D eigenvalue weighted by Crippen LogP contribution is 2.34. The number of rotatable bonds is 4. The van der Waals surface area contributed by atoms with Gasteiger partial charge in [0.05, 0.1) is 5.56 Å². The highest BCUT2D eigenvalue weighted by atomic mass is 127. The molecule has 1 N–H and O–H groups in total. The average Bonchev–Trinajstić information content (AvgIpc) is 2.96. The molecule has 0 spiro atoms. The van der Waals surface area contributed by atoms with Gasteiger partial charge in [-0.25, -0.2) is 4.39 Å². The minimum atomic E-state index is -0.304. The Balaban J connectivity index is 1.96. The second-order valence-electron chi connectivity index (χ2n) is 4.49. The third-order valence-electron chi connectivity index (χ3n) is 3.07. The molecule has 2 rings (SSSR count). The molecule has 1 aliphatic rings. The number of halogens is 2. The van der Waals surface area contributed by atoms with Gasteiger partial charge in [0, 0.05) is 9.61 Å². The van der Waals surface area contributed by atoms with E-state index in [9.17, 15) is 9.18 Å². The summed E-state index contributed by atoms with van der Waals surface area (Å²) in [5.41, 5.74) is 0.564. The second-order valence-corrected chi connectivity index (χ2v) is 5.65. The molecule has 1 saturated carbocycles. The van der Waals surface area contributed by atoms with Crippen LogP contribution in [0.4, 0.5) is 4.39 Å². The fourth-order valence-corrected chi connectivity index (χ4v) is 2.76. The summed E-state index contributed by atoms with van der Waals surface area (Å²) >= 11 is 1.99. The average molecular weight is 347 g/mol. The number of carbonyl (C=O) groups excluding carboxylic acids is 1. The van der Waals surface area contributed by atoms with E-state index in [0.29, 0.717) is 21.1 Å². The van der Waals surface area contributed by atoms with Crippen LogP contribution in [-0.2, 0) is 0 Å². The Morgan fingerprint density at radius 3 is 3.00 bits per heavy atom. The van der Waals surface area contributed by atoms with Crippen molar-refractivity contribution >= 4 is 28.5 Å². The lowest BCUT2D eigenvalue weighted by Gasteiger charge is -2.06. The normalized spacial score (nSPS) is 22.3. The summed E-state index contributed by atoms with van der Waals surface area (Å²) in [7, 11) is 0. The summed E-state index contributed by atoms with van der Waals surface area (Å²) in [5.74, 6) is 0.251. The van der Waals surface area contributed by atoms with E-state index < -0.39 is 0 Å². The van der Waals surface area contributed by atoms with Gasteiger partial charge in [0.1, 0.15) is 5.82 Å². The van der Waals surface area contributed by atoms with Crippen molar-refractivity contribution < 1.29 is 9.18 Å². The molecule has 92 valence electrons. The molecule has 0 aliphatic heterocycles. The lowest BCUT2D eigenvalue weighted by molar-refractivity contribution is 0.0948. The van der Waals surface area contributed by atoms with Crippen molar-refractivity contribution in [1.29, 1.82) is 0 Å². The standard InChI is InChI=1S/C13H15FINO/c1-2-3-8-6-12(8)16-13(17)10-5-4-9(14)7-11(10)15/h4-5,7-8,12H,2-3,6H2,1H3,(H,16,17). The molecule has 4 heteroatoms. The maximum Gasteiger partial charge on any atom is 0.252 e. The zero-order chi connectivity index (χ0) is 12.4. The molecule has 0 bridgehead atoms. The zero-order valence-electron chi connectivity index (χ0n) is 9.67. The first-order chi connectivity index (χ1) is 8.11. The van der Waals surface area contributed by atoms with Crippen LogP contribution in [0.3, 0.4) is 0 Å². The van der Waals surface area contributed by atoms with Crippen molar-refractivity contribution in [3.8, 4) is 0 Å². The zero-order valence-corrected chi connectivity index (χ0v) is 11.8. The van der Waals surface area contributed by atoms with Crippen molar-refractivity contribution in [1.82, 2.24) is 5.32 Å². The van der Waals surface area contributed by atoms with Crippen LogP contribution in [0.2, 0.25) is 0 Å². The second kappa shape index (κ2) is 5.33. The quantitative estimate of drug-likeness (QED) is 0.832. The van der Waals surface area contributed by atoms with Crippen molar-refractivity contribution in [2.45, 2.75) is 32.2 Å². The summed E-state index contributed by atoms with van der Waals surface area (Å²) in [5, 5.41) is 3.00. The lowest BCUT2D eigenvalue weighted by atomic mass is 10.2. The Hall–Kier alpha value is -0.650. The number of amides is 1. The van der Waals surface area contributed by atoms with Gasteiger partial charge in [-0.05, 0) is 59.5 Å². The summed E-state index contributed by atoms with van der Waals surface area (Å²) < 4.78 is 13.6. The molecule has 0 aromatic heterocycles. The number of benzene rings is 1. The maximum absolute atomic E-state index is 12.9. The van der Waals surface area contributed by atoms with Gasteiger partial charge < -0.3 is 5.32 Å². The van der Waals surface area contributed by atoms with Crippen molar-refractivity contribution in [3.05, 3.63) is 33.1 Å². The van der Waals surface area contributed by atoms with Crippen LogP contribution in [-0.4, -0.2) is 11.9 Å². The maximum atomic E-state index is 12.9. The van der Waals surface area contributed by atoms with Crippen LogP contribution in [0.15, 0.2) is 18.2 Å². The Morgan fingerprint density at radius 2 is 2.35 bits per heavy atom. The smallest absolute Gasteiger partial charge is 0.252 e. The number of nitrogens with one attached hydrogen (secondary N) is 1. The summed E-state index contributed by atoms with van der Waals surface area (Å²) in [6.07, 6.45) is 3.41. The summed E-state index contributed by atoms with van der Waals surface area (Å²) in [6.45, 7) is 2.15. The van der Waals surface area contributed by atoms with Crippen LogP contribution in [0.25, 0.3) is 0 Å². The van der Waals surface area contributed by atoms with Crippen LogP contribution >= 0.6 is 22.6 Å². The fraction of sp³-hybridized carbons (Fsp3) is 0.462. The molecule has 0 saturated heterocycles. The van der Waals surface area contributed by atoms with E-state index in [4.69, 9.17) is 0 Å². The van der Waals surface area contributed by atoms with Crippen LogP contribution in [0, 0.1) is 15.3 Å². The molecule has 2 atom stereocenters. The van der Waals surface area contributed by atoms with Crippen LogP contribution in [0.5, 0.6) is 0 Å². The van der Waals surface area contributed by atoms with Crippen molar-refractivity contribution in [2.75, 3.05) is 0 Å². The van der Waals surface area contributed by atoms with E-state index in [0.717, 1.165) is 12.8 Å². The fourth-order valence-electron chi connectivity index (χ4n) is 2.03. The Labute approximate surface area is 114 Å². The SMILES string of the molecule is CCCC1CC1NC(=O)c1ccc(F)cc1I. The number of hydrogen-bond donors (Lipinski definition) is 1. The molecule has 1 fully saturated rings. The molecule has 1 aromatic carbocycles. The van der Waals surface area contributed by atoms with E-state index in [1.165, 1.54) is 18.6 Å². The monoisotopic (exact) mass is 347 g/mol. The summed E-state index contributed by atoms with van der Waals surface area (Å²) in [6, 6.07) is 4.58. The molecular formula is C13H15FINO. The first-order valence-corrected chi connectivity index (χ1v) is 6.95. The third-order valence-corrected chi connectivity index (χ3v) is 3.97. The van der Waals surface area contributed by atoms with Gasteiger partial charge in [0.25, 0.3) is 5.91 Å². The Bertz CT molecular complexity index is 435. The van der Waals surface area contributed by atoms with Gasteiger partial charge in [-0.15, -0.1) is 0 Å². The van der Waals surface area contributed by atoms with Gasteiger partial charge in [0.15, 0.2) is 0 Å². The Morgan fingerprint density at radius 1 is 1.59 bits per heavy atom. The van der Waals surface area contributed by atoms with E-state index in [1.807, 2.05) is 22.6 Å². The molecule has 0 radical (unpaired) electrons. The minimum Gasteiger partial charge on any atom is -0.349 e. The minimum absolute atomic E-state index is 0.0852. The molecule has 2 unspecified atom stereocenters. The Kier molecular flexibility index (Phi) is 4.01.